The van der Waals surface area contributed by atoms with E-state index in [1.165, 1.54) is 31.9 Å². The van der Waals surface area contributed by atoms with E-state index in [9.17, 15) is 8.42 Å². The van der Waals surface area contributed by atoms with Gasteiger partial charge in [-0.1, -0.05) is 51.7 Å². The minimum Gasteiger partial charge on any atom is -0.384 e. The van der Waals surface area contributed by atoms with Crippen LogP contribution in [0.4, 0.5) is 5.69 Å². The average molecular weight is 297 g/mol. The van der Waals surface area contributed by atoms with Gasteiger partial charge in [0, 0.05) is 12.8 Å². The molecule has 1 rings (SSSR count). The lowest BCUT2D eigenvalue weighted by atomic mass is 10.0. The summed E-state index contributed by atoms with van der Waals surface area (Å²) in [5.74, 6) is 0.787. The Bertz CT molecular complexity index is 495. The first-order valence-electron chi connectivity index (χ1n) is 7.44. The van der Waals surface area contributed by atoms with Crippen LogP contribution in [-0.2, 0) is 9.84 Å². The minimum atomic E-state index is -3.16. The summed E-state index contributed by atoms with van der Waals surface area (Å²) in [5, 5.41) is 3.24. The zero-order valence-corrected chi connectivity index (χ0v) is 13.7. The van der Waals surface area contributed by atoms with Gasteiger partial charge < -0.3 is 5.32 Å². The molecular formula is C16H27NO2S. The normalized spacial score (nSPS) is 11.8. The van der Waals surface area contributed by atoms with Gasteiger partial charge >= 0.3 is 0 Å². The molecule has 4 heteroatoms. The first-order chi connectivity index (χ1) is 9.41. The maximum Gasteiger partial charge on any atom is 0.177 e. The molecule has 0 fully saturated rings. The maximum atomic E-state index is 11.7. The highest BCUT2D eigenvalue weighted by Gasteiger charge is 2.11. The maximum absolute atomic E-state index is 11.7. The Labute approximate surface area is 123 Å². The molecule has 0 heterocycles. The van der Waals surface area contributed by atoms with Gasteiger partial charge in [0.05, 0.1) is 10.6 Å². The third-order valence-corrected chi connectivity index (χ3v) is 4.47. The van der Waals surface area contributed by atoms with Crippen LogP contribution in [0.1, 0.15) is 46.0 Å². The van der Waals surface area contributed by atoms with Gasteiger partial charge in [-0.05, 0) is 24.5 Å². The van der Waals surface area contributed by atoms with Crippen LogP contribution in [0.5, 0.6) is 0 Å². The molecule has 0 spiro atoms. The highest BCUT2D eigenvalue weighted by atomic mass is 32.2. The second kappa shape index (κ2) is 8.30. The van der Waals surface area contributed by atoms with Crippen LogP contribution < -0.4 is 5.32 Å². The molecule has 1 aromatic carbocycles. The Kier molecular flexibility index (Phi) is 7.06. The van der Waals surface area contributed by atoms with Crippen LogP contribution >= 0.6 is 0 Å². The summed E-state index contributed by atoms with van der Waals surface area (Å²) < 4.78 is 23.3. The van der Waals surface area contributed by atoms with Crippen molar-refractivity contribution in [3.8, 4) is 0 Å². The summed E-state index contributed by atoms with van der Waals surface area (Å²) in [6, 6.07) is 7.10. The molecule has 20 heavy (non-hydrogen) atoms. The summed E-state index contributed by atoms with van der Waals surface area (Å²) in [7, 11) is -3.16. The number of para-hydroxylation sites is 1. The Morgan fingerprint density at radius 3 is 2.35 bits per heavy atom. The lowest BCUT2D eigenvalue weighted by Gasteiger charge is -2.10. The van der Waals surface area contributed by atoms with Crippen LogP contribution in [0.3, 0.4) is 0 Å². The molecule has 0 aliphatic rings. The van der Waals surface area contributed by atoms with E-state index in [1.54, 1.807) is 12.1 Å². The molecule has 3 nitrogen and oxygen atoms in total. The van der Waals surface area contributed by atoms with Gasteiger partial charge in [0.2, 0.25) is 0 Å². The molecule has 1 aromatic rings. The largest absolute Gasteiger partial charge is 0.384 e. The fraction of sp³-hybridized carbons (Fsp3) is 0.625. The van der Waals surface area contributed by atoms with Crippen molar-refractivity contribution in [2.45, 2.75) is 50.8 Å². The van der Waals surface area contributed by atoms with Crippen molar-refractivity contribution >= 4 is 15.5 Å². The van der Waals surface area contributed by atoms with E-state index in [1.807, 2.05) is 12.1 Å². The van der Waals surface area contributed by atoms with Gasteiger partial charge in [-0.25, -0.2) is 8.42 Å². The third kappa shape index (κ3) is 6.42. The average Bonchev–Trinajstić information content (AvgIpc) is 2.36. The van der Waals surface area contributed by atoms with E-state index in [4.69, 9.17) is 0 Å². The van der Waals surface area contributed by atoms with E-state index in [0.29, 0.717) is 4.90 Å². The van der Waals surface area contributed by atoms with Crippen LogP contribution in [-0.4, -0.2) is 21.2 Å². The summed E-state index contributed by atoms with van der Waals surface area (Å²) in [5.41, 5.74) is 0.720. The summed E-state index contributed by atoms with van der Waals surface area (Å²) in [6.45, 7) is 5.33. The number of unbranched alkanes of at least 4 members (excludes halogenated alkanes) is 3. The highest BCUT2D eigenvalue weighted by molar-refractivity contribution is 7.90. The van der Waals surface area contributed by atoms with Crippen LogP contribution in [0.2, 0.25) is 0 Å². The molecule has 0 unspecified atom stereocenters. The molecule has 114 valence electrons. The van der Waals surface area contributed by atoms with Crippen LogP contribution in [0.25, 0.3) is 0 Å². The number of hydrogen-bond acceptors (Lipinski definition) is 3. The lowest BCUT2D eigenvalue weighted by Crippen LogP contribution is -2.07. The Balaban J connectivity index is 2.33. The van der Waals surface area contributed by atoms with Crippen LogP contribution in [0.15, 0.2) is 29.2 Å². The van der Waals surface area contributed by atoms with Gasteiger partial charge in [0.25, 0.3) is 0 Å². The molecule has 0 aliphatic carbocycles. The molecule has 0 atom stereocenters. The third-order valence-electron chi connectivity index (χ3n) is 3.31. The molecule has 1 N–H and O–H groups in total. The predicted molar refractivity (Wildman–Crippen MR) is 86.0 cm³/mol. The van der Waals surface area contributed by atoms with Crippen molar-refractivity contribution in [3.63, 3.8) is 0 Å². The van der Waals surface area contributed by atoms with Gasteiger partial charge in [-0.2, -0.15) is 0 Å². The Morgan fingerprint density at radius 2 is 1.70 bits per heavy atom. The predicted octanol–water partition coefficient (Wildman–Crippen LogP) is 4.11. The topological polar surface area (TPSA) is 46.2 Å². The SMILES string of the molecule is CC(C)CCCCCCNc1ccccc1S(C)(=O)=O. The standard InChI is InChI=1S/C16H27NO2S/c1-14(2)10-6-4-5-9-13-17-15-11-7-8-12-16(15)20(3,18)19/h7-8,11-12,14,17H,4-6,9-10,13H2,1-3H3. The van der Waals surface area contributed by atoms with Gasteiger partial charge in [0.1, 0.15) is 0 Å². The van der Waals surface area contributed by atoms with Crippen molar-refractivity contribution in [2.75, 3.05) is 18.1 Å². The first-order valence-corrected chi connectivity index (χ1v) is 9.33. The molecular weight excluding hydrogens is 270 g/mol. The number of hydrogen-bond donors (Lipinski definition) is 1. The van der Waals surface area contributed by atoms with Crippen LogP contribution in [0, 0.1) is 5.92 Å². The first kappa shape index (κ1) is 17.0. The number of nitrogens with one attached hydrogen (secondary N) is 1. The summed E-state index contributed by atoms with van der Waals surface area (Å²) in [6.07, 6.45) is 7.37. The molecule has 0 aliphatic heterocycles. The Hall–Kier alpha value is -1.03. The number of anilines is 1. The van der Waals surface area contributed by atoms with E-state index in [2.05, 4.69) is 19.2 Å². The molecule has 0 amide bonds. The van der Waals surface area contributed by atoms with Crippen molar-refractivity contribution in [2.24, 2.45) is 5.92 Å². The molecule has 0 saturated carbocycles. The zero-order chi connectivity index (χ0) is 15.0. The van der Waals surface area contributed by atoms with E-state index >= 15 is 0 Å². The second-order valence-corrected chi connectivity index (χ2v) is 7.78. The second-order valence-electron chi connectivity index (χ2n) is 5.79. The van der Waals surface area contributed by atoms with Crippen molar-refractivity contribution in [1.29, 1.82) is 0 Å². The number of rotatable bonds is 9. The molecule has 0 radical (unpaired) electrons. The fourth-order valence-corrected chi connectivity index (χ4v) is 3.06. The van der Waals surface area contributed by atoms with E-state index < -0.39 is 9.84 Å². The molecule has 0 saturated heterocycles. The van der Waals surface area contributed by atoms with Gasteiger partial charge in [-0.3, -0.25) is 0 Å². The van der Waals surface area contributed by atoms with E-state index in [-0.39, 0.29) is 0 Å². The lowest BCUT2D eigenvalue weighted by molar-refractivity contribution is 0.523. The Morgan fingerprint density at radius 1 is 1.05 bits per heavy atom. The monoisotopic (exact) mass is 297 g/mol. The van der Waals surface area contributed by atoms with Crippen molar-refractivity contribution in [3.05, 3.63) is 24.3 Å². The highest BCUT2D eigenvalue weighted by Crippen LogP contribution is 2.20. The van der Waals surface area contributed by atoms with Crippen molar-refractivity contribution < 1.29 is 8.42 Å². The van der Waals surface area contributed by atoms with E-state index in [0.717, 1.165) is 24.6 Å². The molecule has 0 bridgehead atoms. The minimum absolute atomic E-state index is 0.389. The quantitative estimate of drug-likeness (QED) is 0.698. The smallest absolute Gasteiger partial charge is 0.177 e. The summed E-state index contributed by atoms with van der Waals surface area (Å²) in [4.78, 5) is 0.389. The molecule has 0 aromatic heterocycles. The van der Waals surface area contributed by atoms with Crippen molar-refractivity contribution in [1.82, 2.24) is 0 Å². The summed E-state index contributed by atoms with van der Waals surface area (Å²) >= 11 is 0. The zero-order valence-electron chi connectivity index (χ0n) is 12.9. The van der Waals surface area contributed by atoms with Gasteiger partial charge in [-0.15, -0.1) is 0 Å². The number of sulfone groups is 1. The van der Waals surface area contributed by atoms with Gasteiger partial charge in [0.15, 0.2) is 9.84 Å². The fourth-order valence-electron chi connectivity index (χ4n) is 2.19. The number of benzene rings is 1.